The highest BCUT2D eigenvalue weighted by Gasteiger charge is 2.08. The van der Waals surface area contributed by atoms with Crippen LogP contribution in [0.3, 0.4) is 0 Å². The van der Waals surface area contributed by atoms with Gasteiger partial charge in [-0.05, 0) is 12.1 Å². The van der Waals surface area contributed by atoms with E-state index in [0.29, 0.717) is 17.3 Å². The van der Waals surface area contributed by atoms with Crippen LogP contribution >= 0.6 is 0 Å². The fourth-order valence-electron chi connectivity index (χ4n) is 1.35. The maximum atomic E-state index is 10.5. The third-order valence-electron chi connectivity index (χ3n) is 2.03. The topological polar surface area (TPSA) is 77.8 Å². The number of hydrogen-bond acceptors (Lipinski definition) is 4. The lowest BCUT2D eigenvalue weighted by Gasteiger charge is -1.92. The fourth-order valence-corrected chi connectivity index (χ4v) is 1.35. The van der Waals surface area contributed by atoms with E-state index in [0.717, 1.165) is 0 Å². The number of aldehydes is 1. The minimum atomic E-state index is 0.184. The van der Waals surface area contributed by atoms with Crippen LogP contribution in [0.1, 0.15) is 21.7 Å². The number of rotatable bonds is 1. The number of nitriles is 2. The highest BCUT2D eigenvalue weighted by Crippen LogP contribution is 2.22. The first-order valence-corrected chi connectivity index (χ1v) is 4.11. The second kappa shape index (κ2) is 3.28. The normalized spacial score (nSPS) is 9.47. The molecule has 0 spiro atoms. The second-order valence-corrected chi connectivity index (χ2v) is 2.93. The van der Waals surface area contributed by atoms with Crippen LogP contribution in [0.25, 0.3) is 11.0 Å². The summed E-state index contributed by atoms with van der Waals surface area (Å²) in [5.41, 5.74) is 0.965. The molecule has 0 radical (unpaired) electrons. The Labute approximate surface area is 84.9 Å². The van der Waals surface area contributed by atoms with Crippen LogP contribution in [0.5, 0.6) is 0 Å². The summed E-state index contributed by atoms with van der Waals surface area (Å²) in [6.45, 7) is 0. The Morgan fingerprint density at radius 2 is 1.80 bits per heavy atom. The molecule has 1 aromatic carbocycles. The van der Waals surface area contributed by atoms with E-state index < -0.39 is 0 Å². The van der Waals surface area contributed by atoms with Gasteiger partial charge >= 0.3 is 0 Å². The van der Waals surface area contributed by atoms with Crippen LogP contribution in [0.2, 0.25) is 0 Å². The van der Waals surface area contributed by atoms with Gasteiger partial charge in [0.25, 0.3) is 0 Å². The lowest BCUT2D eigenvalue weighted by atomic mass is 10.1. The first kappa shape index (κ1) is 8.98. The lowest BCUT2D eigenvalue weighted by molar-refractivity contribution is 0.110. The van der Waals surface area contributed by atoms with Gasteiger partial charge in [0, 0.05) is 11.5 Å². The molecule has 0 unspecified atom stereocenters. The number of benzene rings is 1. The highest BCUT2D eigenvalue weighted by atomic mass is 16.3. The van der Waals surface area contributed by atoms with E-state index in [-0.39, 0.29) is 16.9 Å². The number of furan rings is 1. The summed E-state index contributed by atoms with van der Waals surface area (Å²) < 4.78 is 5.13. The van der Waals surface area contributed by atoms with Gasteiger partial charge in [0.1, 0.15) is 17.7 Å². The maximum absolute atomic E-state index is 10.5. The van der Waals surface area contributed by atoms with Crippen LogP contribution in [-0.2, 0) is 0 Å². The van der Waals surface area contributed by atoms with Crippen molar-refractivity contribution >= 4 is 17.3 Å². The molecule has 1 aromatic heterocycles. The first-order chi connectivity index (χ1) is 7.28. The molecule has 0 aliphatic carbocycles. The largest absolute Gasteiger partial charge is 0.453 e. The molecule has 0 fully saturated rings. The number of hydrogen-bond donors (Lipinski definition) is 0. The molecule has 4 heteroatoms. The van der Waals surface area contributed by atoms with Crippen molar-refractivity contribution in [1.29, 1.82) is 10.5 Å². The average molecular weight is 196 g/mol. The SMILES string of the molecule is N#Cc1cc2cc(C=O)oc2cc1C#N. The molecule has 0 aliphatic heterocycles. The molecule has 2 rings (SSSR count). The summed E-state index contributed by atoms with van der Waals surface area (Å²) >= 11 is 0. The summed E-state index contributed by atoms with van der Waals surface area (Å²) in [7, 11) is 0. The van der Waals surface area contributed by atoms with Gasteiger partial charge in [-0.3, -0.25) is 4.79 Å². The van der Waals surface area contributed by atoms with Gasteiger partial charge in [-0.25, -0.2) is 0 Å². The number of fused-ring (bicyclic) bond motifs is 1. The van der Waals surface area contributed by atoms with Crippen LogP contribution in [-0.4, -0.2) is 6.29 Å². The van der Waals surface area contributed by atoms with Crippen molar-refractivity contribution < 1.29 is 9.21 Å². The Bertz CT molecular complexity index is 575. The molecular formula is C11H4N2O2. The van der Waals surface area contributed by atoms with E-state index in [1.807, 2.05) is 12.1 Å². The Morgan fingerprint density at radius 3 is 2.40 bits per heavy atom. The molecular weight excluding hydrogens is 192 g/mol. The Kier molecular flexibility index (Phi) is 1.97. The van der Waals surface area contributed by atoms with Crippen LogP contribution in [0, 0.1) is 22.7 Å². The van der Waals surface area contributed by atoms with E-state index in [2.05, 4.69) is 0 Å². The zero-order valence-corrected chi connectivity index (χ0v) is 7.52. The molecule has 0 atom stereocenters. The lowest BCUT2D eigenvalue weighted by Crippen LogP contribution is -1.81. The third-order valence-corrected chi connectivity index (χ3v) is 2.03. The van der Waals surface area contributed by atoms with Crippen molar-refractivity contribution in [3.8, 4) is 12.1 Å². The fraction of sp³-hybridized carbons (Fsp3) is 0. The minimum absolute atomic E-state index is 0.184. The van der Waals surface area contributed by atoms with Crippen molar-refractivity contribution in [2.75, 3.05) is 0 Å². The molecule has 15 heavy (non-hydrogen) atoms. The smallest absolute Gasteiger partial charge is 0.185 e. The second-order valence-electron chi connectivity index (χ2n) is 2.93. The maximum Gasteiger partial charge on any atom is 0.185 e. The van der Waals surface area contributed by atoms with Crippen molar-refractivity contribution in [3.05, 3.63) is 35.1 Å². The zero-order valence-electron chi connectivity index (χ0n) is 7.52. The summed E-state index contributed by atoms with van der Waals surface area (Å²) in [6.07, 6.45) is 0.581. The standard InChI is InChI=1S/C11H4N2O2/c12-4-8-1-7-2-10(6-14)15-11(7)3-9(8)5-13/h1-3,6H. The van der Waals surface area contributed by atoms with Gasteiger partial charge in [0.2, 0.25) is 0 Å². The summed E-state index contributed by atoms with van der Waals surface area (Å²) in [6, 6.07) is 8.33. The van der Waals surface area contributed by atoms with Gasteiger partial charge < -0.3 is 4.42 Å². The van der Waals surface area contributed by atoms with Crippen molar-refractivity contribution in [3.63, 3.8) is 0 Å². The Morgan fingerprint density at radius 1 is 1.13 bits per heavy atom. The van der Waals surface area contributed by atoms with Gasteiger partial charge in [0.05, 0.1) is 11.1 Å². The molecule has 0 saturated carbocycles. The van der Waals surface area contributed by atoms with Crippen LogP contribution in [0.15, 0.2) is 22.6 Å². The van der Waals surface area contributed by atoms with Gasteiger partial charge in [0.15, 0.2) is 12.0 Å². The summed E-state index contributed by atoms with van der Waals surface area (Å²) in [5.74, 6) is 0.184. The predicted octanol–water partition coefficient (Wildman–Crippen LogP) is 1.99. The third kappa shape index (κ3) is 1.34. The van der Waals surface area contributed by atoms with E-state index in [9.17, 15) is 4.79 Å². The number of nitrogens with zero attached hydrogens (tertiary/aromatic N) is 2. The highest BCUT2D eigenvalue weighted by molar-refractivity contribution is 5.87. The summed E-state index contributed by atoms with van der Waals surface area (Å²) in [4.78, 5) is 10.5. The Balaban J connectivity index is 2.80. The molecule has 0 N–H and O–H groups in total. The molecule has 0 bridgehead atoms. The van der Waals surface area contributed by atoms with Gasteiger partial charge in [-0.1, -0.05) is 0 Å². The van der Waals surface area contributed by atoms with Crippen LogP contribution in [0.4, 0.5) is 0 Å². The quantitative estimate of drug-likeness (QED) is 0.653. The molecule has 4 nitrogen and oxygen atoms in total. The zero-order chi connectivity index (χ0) is 10.8. The Hall–Kier alpha value is -2.59. The molecule has 70 valence electrons. The van der Waals surface area contributed by atoms with Crippen molar-refractivity contribution in [2.45, 2.75) is 0 Å². The number of carbonyl (C=O) groups is 1. The molecule has 2 aromatic rings. The van der Waals surface area contributed by atoms with E-state index >= 15 is 0 Å². The molecule has 0 amide bonds. The van der Waals surface area contributed by atoms with Gasteiger partial charge in [-0.15, -0.1) is 0 Å². The first-order valence-electron chi connectivity index (χ1n) is 4.11. The van der Waals surface area contributed by atoms with E-state index in [4.69, 9.17) is 14.9 Å². The van der Waals surface area contributed by atoms with Crippen LogP contribution < -0.4 is 0 Å². The molecule has 0 aliphatic rings. The average Bonchev–Trinajstić information content (AvgIpc) is 2.68. The number of carbonyl (C=O) groups excluding carboxylic acids is 1. The van der Waals surface area contributed by atoms with Gasteiger partial charge in [-0.2, -0.15) is 10.5 Å². The minimum Gasteiger partial charge on any atom is -0.453 e. The molecule has 1 heterocycles. The summed E-state index contributed by atoms with van der Waals surface area (Å²) in [5, 5.41) is 18.2. The van der Waals surface area contributed by atoms with E-state index in [1.165, 1.54) is 18.2 Å². The van der Waals surface area contributed by atoms with E-state index in [1.54, 1.807) is 0 Å². The van der Waals surface area contributed by atoms with Crippen molar-refractivity contribution in [2.24, 2.45) is 0 Å². The van der Waals surface area contributed by atoms with Crippen molar-refractivity contribution in [1.82, 2.24) is 0 Å². The molecule has 0 saturated heterocycles. The monoisotopic (exact) mass is 196 g/mol. The predicted molar refractivity (Wildman–Crippen MR) is 51.0 cm³/mol.